The van der Waals surface area contributed by atoms with Crippen LogP contribution in [-0.4, -0.2) is 24.0 Å². The van der Waals surface area contributed by atoms with Gasteiger partial charge in [0.25, 0.3) is 0 Å². The molecule has 0 amide bonds. The molecular weight excluding hydrogens is 232 g/mol. The van der Waals surface area contributed by atoms with Crippen LogP contribution in [0.3, 0.4) is 0 Å². The number of rotatable bonds is 5. The third kappa shape index (κ3) is 4.05. The molecule has 1 aromatic carbocycles. The van der Waals surface area contributed by atoms with Crippen LogP contribution in [0.15, 0.2) is 24.3 Å². The molecule has 3 rings (SSSR count). The van der Waals surface area contributed by atoms with Crippen LogP contribution in [0.2, 0.25) is 0 Å². The lowest BCUT2D eigenvalue weighted by atomic mass is 9.99. The van der Waals surface area contributed by atoms with E-state index in [0.717, 1.165) is 25.0 Å². The van der Waals surface area contributed by atoms with Crippen LogP contribution in [-0.2, 0) is 13.1 Å². The van der Waals surface area contributed by atoms with E-state index in [-0.39, 0.29) is 0 Å². The molecule has 1 unspecified atom stereocenters. The van der Waals surface area contributed by atoms with E-state index in [1.165, 1.54) is 49.9 Å². The summed E-state index contributed by atoms with van der Waals surface area (Å²) in [4.78, 5) is 2.61. The van der Waals surface area contributed by atoms with E-state index in [1.54, 1.807) is 0 Å². The Bertz CT molecular complexity index is 411. The summed E-state index contributed by atoms with van der Waals surface area (Å²) in [7, 11) is 0. The Labute approximate surface area is 117 Å². The molecule has 1 aromatic rings. The van der Waals surface area contributed by atoms with Gasteiger partial charge in [-0.3, -0.25) is 4.90 Å². The van der Waals surface area contributed by atoms with E-state index in [1.807, 2.05) is 0 Å². The van der Waals surface area contributed by atoms with Crippen LogP contribution in [0, 0.1) is 5.92 Å². The molecule has 104 valence electrons. The van der Waals surface area contributed by atoms with Crippen LogP contribution in [0.1, 0.15) is 43.7 Å². The van der Waals surface area contributed by atoms with Gasteiger partial charge in [0.1, 0.15) is 0 Å². The van der Waals surface area contributed by atoms with Gasteiger partial charge in [0.2, 0.25) is 0 Å². The monoisotopic (exact) mass is 258 g/mol. The summed E-state index contributed by atoms with van der Waals surface area (Å²) in [5, 5.41) is 3.60. The van der Waals surface area contributed by atoms with Crippen LogP contribution in [0.5, 0.6) is 0 Å². The highest BCUT2D eigenvalue weighted by Gasteiger charge is 2.20. The topological polar surface area (TPSA) is 15.3 Å². The molecule has 0 spiro atoms. The summed E-state index contributed by atoms with van der Waals surface area (Å²) in [6.45, 7) is 7.08. The first-order chi connectivity index (χ1) is 9.29. The minimum absolute atomic E-state index is 0.798. The molecule has 1 atom stereocenters. The SMILES string of the molecule is CC1CCCN(Cc2cccc(CNC3CC3)c2)C1. The molecule has 1 aliphatic heterocycles. The van der Waals surface area contributed by atoms with Crippen molar-refractivity contribution in [3.63, 3.8) is 0 Å². The Kier molecular flexibility index (Phi) is 4.19. The summed E-state index contributed by atoms with van der Waals surface area (Å²) in [6.07, 6.45) is 5.50. The van der Waals surface area contributed by atoms with Crippen LogP contribution < -0.4 is 5.32 Å². The molecule has 1 saturated carbocycles. The minimum Gasteiger partial charge on any atom is -0.310 e. The highest BCUT2D eigenvalue weighted by atomic mass is 15.1. The quantitative estimate of drug-likeness (QED) is 0.872. The maximum Gasteiger partial charge on any atom is 0.0233 e. The largest absolute Gasteiger partial charge is 0.310 e. The standard InChI is InChI=1S/C17H26N2/c1-14-4-3-9-19(12-14)13-16-6-2-5-15(10-16)11-18-17-7-8-17/h2,5-6,10,14,17-18H,3-4,7-9,11-13H2,1H3. The zero-order valence-corrected chi connectivity index (χ0v) is 12.1. The van der Waals surface area contributed by atoms with Gasteiger partial charge in [0.05, 0.1) is 0 Å². The van der Waals surface area contributed by atoms with E-state index in [4.69, 9.17) is 0 Å². The first-order valence-electron chi connectivity index (χ1n) is 7.83. The van der Waals surface area contributed by atoms with Crippen molar-refractivity contribution in [2.75, 3.05) is 13.1 Å². The molecule has 0 bridgehead atoms. The van der Waals surface area contributed by atoms with Crippen molar-refractivity contribution >= 4 is 0 Å². The Morgan fingerprint density at radius 3 is 2.84 bits per heavy atom. The van der Waals surface area contributed by atoms with Gasteiger partial charge in [-0.2, -0.15) is 0 Å². The lowest BCUT2D eigenvalue weighted by Crippen LogP contribution is -2.33. The average Bonchev–Trinajstić information content (AvgIpc) is 3.21. The molecule has 1 saturated heterocycles. The molecule has 0 aromatic heterocycles. The lowest BCUT2D eigenvalue weighted by Gasteiger charge is -2.30. The first kappa shape index (κ1) is 13.1. The third-order valence-electron chi connectivity index (χ3n) is 4.31. The van der Waals surface area contributed by atoms with E-state index in [9.17, 15) is 0 Å². The molecule has 2 nitrogen and oxygen atoms in total. The van der Waals surface area contributed by atoms with Gasteiger partial charge in [-0.05, 0) is 49.3 Å². The molecule has 2 aliphatic rings. The number of hydrogen-bond acceptors (Lipinski definition) is 2. The van der Waals surface area contributed by atoms with E-state index >= 15 is 0 Å². The molecule has 1 heterocycles. The van der Waals surface area contributed by atoms with Crippen molar-refractivity contribution in [2.24, 2.45) is 5.92 Å². The van der Waals surface area contributed by atoms with Gasteiger partial charge in [-0.1, -0.05) is 31.2 Å². The predicted molar refractivity (Wildman–Crippen MR) is 80.0 cm³/mol. The number of nitrogens with one attached hydrogen (secondary N) is 1. The van der Waals surface area contributed by atoms with Crippen molar-refractivity contribution in [3.8, 4) is 0 Å². The summed E-state index contributed by atoms with van der Waals surface area (Å²) in [5.74, 6) is 0.869. The fourth-order valence-electron chi connectivity index (χ4n) is 3.08. The lowest BCUT2D eigenvalue weighted by molar-refractivity contribution is 0.176. The number of likely N-dealkylation sites (tertiary alicyclic amines) is 1. The highest BCUT2D eigenvalue weighted by Crippen LogP contribution is 2.20. The zero-order chi connectivity index (χ0) is 13.1. The van der Waals surface area contributed by atoms with Crippen molar-refractivity contribution in [1.29, 1.82) is 0 Å². The second-order valence-corrected chi connectivity index (χ2v) is 6.46. The average molecular weight is 258 g/mol. The predicted octanol–water partition coefficient (Wildman–Crippen LogP) is 3.17. The molecule has 2 heteroatoms. The maximum atomic E-state index is 3.60. The first-order valence-corrected chi connectivity index (χ1v) is 7.83. The number of piperidine rings is 1. The van der Waals surface area contributed by atoms with Crippen LogP contribution >= 0.6 is 0 Å². The van der Waals surface area contributed by atoms with Crippen molar-refractivity contribution in [1.82, 2.24) is 10.2 Å². The number of nitrogens with zero attached hydrogens (tertiary/aromatic N) is 1. The Morgan fingerprint density at radius 1 is 1.21 bits per heavy atom. The summed E-state index contributed by atoms with van der Waals surface area (Å²) < 4.78 is 0. The molecule has 2 fully saturated rings. The molecule has 1 N–H and O–H groups in total. The molecule has 19 heavy (non-hydrogen) atoms. The van der Waals surface area contributed by atoms with Gasteiger partial charge in [0.15, 0.2) is 0 Å². The zero-order valence-electron chi connectivity index (χ0n) is 12.1. The highest BCUT2D eigenvalue weighted by molar-refractivity contribution is 5.23. The van der Waals surface area contributed by atoms with Gasteiger partial charge in [-0.25, -0.2) is 0 Å². The van der Waals surface area contributed by atoms with Crippen molar-refractivity contribution in [3.05, 3.63) is 35.4 Å². The fourth-order valence-corrected chi connectivity index (χ4v) is 3.08. The molecular formula is C17H26N2. The summed E-state index contributed by atoms with van der Waals surface area (Å²) in [5.41, 5.74) is 2.92. The van der Waals surface area contributed by atoms with Crippen LogP contribution in [0.25, 0.3) is 0 Å². The Balaban J connectivity index is 1.55. The van der Waals surface area contributed by atoms with Gasteiger partial charge < -0.3 is 5.32 Å². The normalized spacial score (nSPS) is 24.6. The van der Waals surface area contributed by atoms with Gasteiger partial charge >= 0.3 is 0 Å². The minimum atomic E-state index is 0.798. The Morgan fingerprint density at radius 2 is 2.05 bits per heavy atom. The Hall–Kier alpha value is -0.860. The molecule has 1 aliphatic carbocycles. The number of hydrogen-bond donors (Lipinski definition) is 1. The van der Waals surface area contributed by atoms with Gasteiger partial charge in [0, 0.05) is 25.7 Å². The van der Waals surface area contributed by atoms with E-state index in [2.05, 4.69) is 41.4 Å². The van der Waals surface area contributed by atoms with Crippen molar-refractivity contribution < 1.29 is 0 Å². The second kappa shape index (κ2) is 6.06. The number of benzene rings is 1. The summed E-state index contributed by atoms with van der Waals surface area (Å²) >= 11 is 0. The van der Waals surface area contributed by atoms with Gasteiger partial charge in [-0.15, -0.1) is 0 Å². The van der Waals surface area contributed by atoms with Crippen LogP contribution in [0.4, 0.5) is 0 Å². The smallest absolute Gasteiger partial charge is 0.0233 e. The maximum absolute atomic E-state index is 3.60. The third-order valence-corrected chi connectivity index (χ3v) is 4.31. The second-order valence-electron chi connectivity index (χ2n) is 6.46. The van der Waals surface area contributed by atoms with E-state index < -0.39 is 0 Å². The van der Waals surface area contributed by atoms with Crippen molar-refractivity contribution in [2.45, 2.75) is 51.7 Å². The van der Waals surface area contributed by atoms with E-state index in [0.29, 0.717) is 0 Å². The summed E-state index contributed by atoms with van der Waals surface area (Å²) in [6, 6.07) is 9.92. The molecule has 0 radical (unpaired) electrons. The fraction of sp³-hybridized carbons (Fsp3) is 0.647.